The quantitative estimate of drug-likeness (QED) is 0.477. The topological polar surface area (TPSA) is 86.1 Å². The van der Waals surface area contributed by atoms with E-state index in [0.29, 0.717) is 12.2 Å². The van der Waals surface area contributed by atoms with Gasteiger partial charge in [-0.25, -0.2) is 4.98 Å². The molecule has 2 N–H and O–H groups in total. The van der Waals surface area contributed by atoms with Gasteiger partial charge in [0, 0.05) is 49.6 Å². The van der Waals surface area contributed by atoms with Gasteiger partial charge in [-0.05, 0) is 62.1 Å². The molecule has 1 amide bonds. The minimum atomic E-state index is -1.25. The van der Waals surface area contributed by atoms with Gasteiger partial charge in [-0.2, -0.15) is 0 Å². The molecule has 0 bridgehead atoms. The summed E-state index contributed by atoms with van der Waals surface area (Å²) in [7, 11) is 3.50. The molecule has 0 aliphatic carbocycles. The maximum absolute atomic E-state index is 12.2. The predicted molar refractivity (Wildman–Crippen MR) is 139 cm³/mol. The Morgan fingerprint density at radius 1 is 1.17 bits per heavy atom. The smallest absolute Gasteiger partial charge is 0.253 e. The number of aromatic nitrogens is 1. The number of carbonyl (C=O) groups is 1. The van der Waals surface area contributed by atoms with Crippen molar-refractivity contribution >= 4 is 22.4 Å². The summed E-state index contributed by atoms with van der Waals surface area (Å²) in [6.07, 6.45) is 0.233. The van der Waals surface area contributed by atoms with Crippen LogP contribution in [0.4, 0.5) is 5.13 Å². The van der Waals surface area contributed by atoms with E-state index in [1.54, 1.807) is 30.3 Å². The Labute approximate surface area is 210 Å². The lowest BCUT2D eigenvalue weighted by Crippen LogP contribution is -2.37. The Bertz CT molecular complexity index is 1180. The summed E-state index contributed by atoms with van der Waals surface area (Å²) in [4.78, 5) is 20.9. The van der Waals surface area contributed by atoms with Gasteiger partial charge in [0.1, 0.15) is 12.4 Å². The Hall–Kier alpha value is -2.94. The molecule has 186 valence electrons. The van der Waals surface area contributed by atoms with Crippen LogP contribution in [0, 0.1) is 19.8 Å². The molecule has 0 atom stereocenters. The van der Waals surface area contributed by atoms with E-state index < -0.39 is 6.29 Å². The van der Waals surface area contributed by atoms with Crippen molar-refractivity contribution in [3.63, 3.8) is 0 Å². The van der Waals surface area contributed by atoms with Gasteiger partial charge in [0.15, 0.2) is 11.4 Å². The Morgan fingerprint density at radius 3 is 2.57 bits per heavy atom. The number of aliphatic hydroxyl groups is 2. The van der Waals surface area contributed by atoms with Crippen molar-refractivity contribution < 1.29 is 19.7 Å². The van der Waals surface area contributed by atoms with Gasteiger partial charge in [0.05, 0.1) is 5.69 Å². The molecule has 2 aromatic carbocycles. The molecule has 1 aliphatic rings. The average molecular weight is 496 g/mol. The summed E-state index contributed by atoms with van der Waals surface area (Å²) in [5, 5.41) is 21.9. The number of piperidine rings is 1. The van der Waals surface area contributed by atoms with Crippen LogP contribution in [0.15, 0.2) is 41.8 Å². The molecule has 0 saturated carbocycles. The highest BCUT2D eigenvalue weighted by atomic mass is 32.1. The minimum Gasteiger partial charge on any atom is -0.488 e. The number of aliphatic hydroxyl groups excluding tert-OH is 1. The molecule has 1 saturated heterocycles. The Morgan fingerprint density at radius 2 is 1.91 bits per heavy atom. The number of benzene rings is 2. The largest absolute Gasteiger partial charge is 0.488 e. The van der Waals surface area contributed by atoms with Crippen LogP contribution in [0.5, 0.6) is 5.75 Å². The first-order valence-electron chi connectivity index (χ1n) is 11.8. The molecule has 7 nitrogen and oxygen atoms in total. The number of hydrogen-bond donors (Lipinski definition) is 2. The lowest BCUT2D eigenvalue weighted by atomic mass is 9.97. The van der Waals surface area contributed by atoms with E-state index in [0.717, 1.165) is 64.8 Å². The molecule has 0 unspecified atom stereocenters. The van der Waals surface area contributed by atoms with E-state index in [9.17, 15) is 15.0 Å². The first-order chi connectivity index (χ1) is 16.7. The fraction of sp³-hybridized carbons (Fsp3) is 0.407. The highest BCUT2D eigenvalue weighted by Gasteiger charge is 2.25. The third-order valence-corrected chi connectivity index (χ3v) is 7.42. The predicted octanol–water partition coefficient (Wildman–Crippen LogP) is 4.23. The Balaban J connectivity index is 1.49. The number of hydrogen-bond acceptors (Lipinski definition) is 7. The Kier molecular flexibility index (Phi) is 7.74. The van der Waals surface area contributed by atoms with Crippen LogP contribution in [-0.4, -0.2) is 59.5 Å². The standard InChI is InChI=1S/C27H33N3O4S/c1-17-5-8-24(34-15-21-7-6-20(14-18(21)2)25(31)29(3)4)22(13-17)23-16-35-27(28-23)30-11-9-19(10-12-30)26(32)33/h5-8,13-14,16,19,26,32-33H,9-12,15H2,1-4H3. The second-order valence-electron chi connectivity index (χ2n) is 9.38. The number of rotatable bonds is 7. The van der Waals surface area contributed by atoms with Crippen molar-refractivity contribution in [1.29, 1.82) is 0 Å². The molecule has 1 fully saturated rings. The number of thiazole rings is 1. The van der Waals surface area contributed by atoms with Crippen molar-refractivity contribution in [3.8, 4) is 17.0 Å². The molecule has 1 aliphatic heterocycles. The first-order valence-corrected chi connectivity index (χ1v) is 12.7. The zero-order chi connectivity index (χ0) is 25.1. The van der Waals surface area contributed by atoms with E-state index in [1.165, 1.54) is 0 Å². The zero-order valence-electron chi connectivity index (χ0n) is 20.7. The lowest BCUT2D eigenvalue weighted by Gasteiger charge is -2.32. The van der Waals surface area contributed by atoms with Crippen molar-refractivity contribution in [2.24, 2.45) is 5.92 Å². The highest BCUT2D eigenvalue weighted by molar-refractivity contribution is 7.14. The third-order valence-electron chi connectivity index (χ3n) is 6.51. The molecule has 0 spiro atoms. The van der Waals surface area contributed by atoms with Gasteiger partial charge in [0.25, 0.3) is 5.91 Å². The fourth-order valence-corrected chi connectivity index (χ4v) is 5.18. The molecule has 2 heterocycles. The van der Waals surface area contributed by atoms with Crippen LogP contribution in [0.1, 0.15) is 39.9 Å². The summed E-state index contributed by atoms with van der Waals surface area (Å²) >= 11 is 1.60. The number of anilines is 1. The van der Waals surface area contributed by atoms with Gasteiger partial charge in [0.2, 0.25) is 0 Å². The maximum atomic E-state index is 12.2. The number of nitrogens with zero attached hydrogens (tertiary/aromatic N) is 3. The number of carbonyl (C=O) groups excluding carboxylic acids is 1. The highest BCUT2D eigenvalue weighted by Crippen LogP contribution is 2.36. The van der Waals surface area contributed by atoms with Crippen molar-refractivity contribution in [3.05, 3.63) is 64.0 Å². The van der Waals surface area contributed by atoms with Gasteiger partial charge in [-0.1, -0.05) is 17.7 Å². The summed E-state index contributed by atoms with van der Waals surface area (Å²) in [5.41, 5.74) is 5.66. The number of ether oxygens (including phenoxy) is 1. The van der Waals surface area contributed by atoms with Gasteiger partial charge in [-0.15, -0.1) is 11.3 Å². The van der Waals surface area contributed by atoms with Crippen LogP contribution in [0.2, 0.25) is 0 Å². The summed E-state index contributed by atoms with van der Waals surface area (Å²) in [5.74, 6) is 0.681. The number of amides is 1. The van der Waals surface area contributed by atoms with Crippen molar-refractivity contribution in [1.82, 2.24) is 9.88 Å². The second kappa shape index (κ2) is 10.8. The first kappa shape index (κ1) is 25.2. The van der Waals surface area contributed by atoms with E-state index in [4.69, 9.17) is 9.72 Å². The molecule has 0 radical (unpaired) electrons. The van der Waals surface area contributed by atoms with Crippen LogP contribution in [0.3, 0.4) is 0 Å². The van der Waals surface area contributed by atoms with E-state index in [-0.39, 0.29) is 11.8 Å². The van der Waals surface area contributed by atoms with Crippen molar-refractivity contribution in [2.75, 3.05) is 32.1 Å². The fourth-order valence-electron chi connectivity index (χ4n) is 4.30. The van der Waals surface area contributed by atoms with Crippen molar-refractivity contribution in [2.45, 2.75) is 39.6 Å². The van der Waals surface area contributed by atoms with Gasteiger partial charge >= 0.3 is 0 Å². The van der Waals surface area contributed by atoms with Gasteiger partial charge < -0.3 is 24.7 Å². The van der Waals surface area contributed by atoms with Crippen LogP contribution in [-0.2, 0) is 6.61 Å². The average Bonchev–Trinajstić information content (AvgIpc) is 3.33. The second-order valence-corrected chi connectivity index (χ2v) is 10.2. The molecule has 35 heavy (non-hydrogen) atoms. The third kappa shape index (κ3) is 5.83. The zero-order valence-corrected chi connectivity index (χ0v) is 21.5. The normalized spacial score (nSPS) is 14.4. The molecule has 1 aromatic heterocycles. The molecular weight excluding hydrogens is 462 g/mol. The van der Waals surface area contributed by atoms with E-state index in [2.05, 4.69) is 23.3 Å². The minimum absolute atomic E-state index is 0.0162. The van der Waals surface area contributed by atoms with Crippen LogP contribution >= 0.6 is 11.3 Å². The molecule has 3 aromatic rings. The van der Waals surface area contributed by atoms with Gasteiger partial charge in [-0.3, -0.25) is 4.79 Å². The number of aryl methyl sites for hydroxylation is 2. The lowest BCUT2D eigenvalue weighted by molar-refractivity contribution is -0.0893. The van der Waals surface area contributed by atoms with Crippen LogP contribution in [0.25, 0.3) is 11.3 Å². The maximum Gasteiger partial charge on any atom is 0.253 e. The summed E-state index contributed by atoms with van der Waals surface area (Å²) in [6, 6.07) is 11.8. The molecular formula is C27H33N3O4S. The van der Waals surface area contributed by atoms with Crippen LogP contribution < -0.4 is 9.64 Å². The monoisotopic (exact) mass is 495 g/mol. The summed E-state index contributed by atoms with van der Waals surface area (Å²) in [6.45, 7) is 5.96. The van der Waals surface area contributed by atoms with E-state index in [1.807, 2.05) is 37.3 Å². The molecule has 8 heteroatoms. The summed E-state index contributed by atoms with van der Waals surface area (Å²) < 4.78 is 6.26. The van der Waals surface area contributed by atoms with E-state index >= 15 is 0 Å². The molecule has 4 rings (SSSR count). The SMILES string of the molecule is Cc1ccc(OCc2ccc(C(=O)N(C)C)cc2C)c(-c2csc(N3CCC(C(O)O)CC3)n2)c1.